The van der Waals surface area contributed by atoms with Crippen LogP contribution >= 0.6 is 0 Å². The molecule has 0 bridgehead atoms. The number of carbonyl (C=O) groups excluding carboxylic acids is 2. The first-order valence-corrected chi connectivity index (χ1v) is 4.82. The molecule has 0 aliphatic carbocycles. The van der Waals surface area contributed by atoms with Gasteiger partial charge >= 0.3 is 5.97 Å². The van der Waals surface area contributed by atoms with Gasteiger partial charge in [0.2, 0.25) is 11.8 Å². The zero-order valence-corrected chi connectivity index (χ0v) is 13.8. The van der Waals surface area contributed by atoms with Crippen molar-refractivity contribution in [1.29, 1.82) is 0 Å². The van der Waals surface area contributed by atoms with E-state index in [4.69, 9.17) is 5.11 Å². The standard InChI is InChI=1S/C11H12N2O4.Pb/c1-6(14)12-8-3-4-10(13-7(2)15)9(5-8)11(16)17;/h3-5H,1-2H3,(H,12,14)(H,13,15)(H,16,17);. The predicted octanol–water partition coefficient (Wildman–Crippen LogP) is 0.921. The van der Waals surface area contributed by atoms with Gasteiger partial charge in [-0.1, -0.05) is 0 Å². The third-order valence-corrected chi connectivity index (χ3v) is 1.88. The third-order valence-electron chi connectivity index (χ3n) is 1.88. The largest absolute Gasteiger partial charge is 0.478 e. The van der Waals surface area contributed by atoms with Crippen molar-refractivity contribution in [3.63, 3.8) is 0 Å². The molecule has 1 aromatic carbocycles. The molecule has 0 atom stereocenters. The van der Waals surface area contributed by atoms with Crippen LogP contribution in [0.5, 0.6) is 0 Å². The summed E-state index contributed by atoms with van der Waals surface area (Å²) in [5.41, 5.74) is 0.481. The summed E-state index contributed by atoms with van der Waals surface area (Å²) in [6, 6.07) is 4.23. The van der Waals surface area contributed by atoms with Crippen LogP contribution in [0.25, 0.3) is 0 Å². The van der Waals surface area contributed by atoms with Crippen LogP contribution in [-0.4, -0.2) is 50.2 Å². The van der Waals surface area contributed by atoms with Gasteiger partial charge < -0.3 is 15.7 Å². The van der Waals surface area contributed by atoms with Crippen LogP contribution in [0, 0.1) is 0 Å². The van der Waals surface area contributed by atoms with Crippen LogP contribution in [0.4, 0.5) is 11.4 Å². The maximum Gasteiger partial charge on any atom is 0.337 e. The first-order valence-electron chi connectivity index (χ1n) is 4.82. The average Bonchev–Trinajstić information content (AvgIpc) is 2.18. The number of hydrogen-bond donors (Lipinski definition) is 3. The van der Waals surface area contributed by atoms with Crippen LogP contribution in [0.2, 0.25) is 0 Å². The molecular formula is C11H12N2O4Pb. The number of hydrogen-bond acceptors (Lipinski definition) is 3. The van der Waals surface area contributed by atoms with Crippen molar-refractivity contribution in [2.24, 2.45) is 0 Å². The molecule has 0 spiro atoms. The summed E-state index contributed by atoms with van der Waals surface area (Å²) in [6.45, 7) is 2.61. The number of benzene rings is 1. The molecule has 3 N–H and O–H groups in total. The molecule has 94 valence electrons. The Morgan fingerprint density at radius 2 is 1.61 bits per heavy atom. The van der Waals surface area contributed by atoms with Gasteiger partial charge in [0.15, 0.2) is 0 Å². The maximum atomic E-state index is 11.0. The molecule has 18 heavy (non-hydrogen) atoms. The van der Waals surface area contributed by atoms with Crippen molar-refractivity contribution in [3.05, 3.63) is 23.8 Å². The van der Waals surface area contributed by atoms with Crippen LogP contribution in [-0.2, 0) is 9.59 Å². The van der Waals surface area contributed by atoms with Gasteiger partial charge in [-0.2, -0.15) is 0 Å². The summed E-state index contributed by atoms with van der Waals surface area (Å²) in [4.78, 5) is 32.7. The zero-order valence-electron chi connectivity index (χ0n) is 9.90. The van der Waals surface area contributed by atoms with Crippen molar-refractivity contribution < 1.29 is 19.5 Å². The summed E-state index contributed by atoms with van der Waals surface area (Å²) in [7, 11) is 0. The number of carboxylic acids is 1. The van der Waals surface area contributed by atoms with Gasteiger partial charge in [0.1, 0.15) is 0 Å². The minimum atomic E-state index is -1.18. The molecule has 0 saturated carbocycles. The van der Waals surface area contributed by atoms with E-state index in [0.717, 1.165) is 0 Å². The third kappa shape index (κ3) is 4.82. The fourth-order valence-corrected chi connectivity index (χ4v) is 1.30. The van der Waals surface area contributed by atoms with Crippen molar-refractivity contribution >= 4 is 56.5 Å². The summed E-state index contributed by atoms with van der Waals surface area (Å²) in [5, 5.41) is 13.8. The van der Waals surface area contributed by atoms with Crippen LogP contribution < -0.4 is 10.6 Å². The summed E-state index contributed by atoms with van der Waals surface area (Å²) < 4.78 is 0. The summed E-state index contributed by atoms with van der Waals surface area (Å²) >= 11 is 0. The van der Waals surface area contributed by atoms with Crippen LogP contribution in [0.1, 0.15) is 24.2 Å². The van der Waals surface area contributed by atoms with Gasteiger partial charge in [-0.05, 0) is 18.2 Å². The van der Waals surface area contributed by atoms with E-state index >= 15 is 0 Å². The van der Waals surface area contributed by atoms with E-state index in [2.05, 4.69) is 10.6 Å². The van der Waals surface area contributed by atoms with Crippen molar-refractivity contribution in [3.8, 4) is 0 Å². The van der Waals surface area contributed by atoms with Crippen molar-refractivity contribution in [2.45, 2.75) is 13.8 Å². The number of nitrogens with one attached hydrogen (secondary N) is 2. The van der Waals surface area contributed by atoms with Gasteiger partial charge in [0, 0.05) is 46.8 Å². The quantitative estimate of drug-likeness (QED) is 0.606. The Morgan fingerprint density at radius 3 is 2.06 bits per heavy atom. The second-order valence-electron chi connectivity index (χ2n) is 3.43. The molecule has 0 aromatic heterocycles. The number of anilines is 2. The Bertz CT molecular complexity index is 488. The number of carboxylic acid groups (broad SMARTS) is 1. The first-order chi connectivity index (χ1) is 7.90. The molecular weight excluding hydrogens is 431 g/mol. The van der Waals surface area contributed by atoms with Crippen molar-refractivity contribution in [1.82, 2.24) is 0 Å². The molecule has 4 radical (unpaired) electrons. The fourth-order valence-electron chi connectivity index (χ4n) is 1.30. The van der Waals surface area contributed by atoms with Gasteiger partial charge in [-0.25, -0.2) is 4.79 Å². The Kier molecular flexibility index (Phi) is 6.52. The number of aromatic carboxylic acids is 1. The van der Waals surface area contributed by atoms with Gasteiger partial charge in [0.25, 0.3) is 0 Å². The van der Waals surface area contributed by atoms with Gasteiger partial charge in [-0.3, -0.25) is 9.59 Å². The van der Waals surface area contributed by atoms with E-state index < -0.39 is 5.97 Å². The Hall–Kier alpha value is -1.45. The molecule has 0 saturated heterocycles. The smallest absolute Gasteiger partial charge is 0.337 e. The molecule has 6 nitrogen and oxygen atoms in total. The van der Waals surface area contributed by atoms with Gasteiger partial charge in [-0.15, -0.1) is 0 Å². The maximum absolute atomic E-state index is 11.0. The normalized spacial score (nSPS) is 9.00. The number of amides is 2. The fraction of sp³-hybridized carbons (Fsp3) is 0.182. The van der Waals surface area contributed by atoms with Crippen LogP contribution in [0.15, 0.2) is 18.2 Å². The van der Waals surface area contributed by atoms with Crippen molar-refractivity contribution in [2.75, 3.05) is 10.6 Å². The molecule has 1 aromatic rings. The summed E-state index contributed by atoms with van der Waals surface area (Å²) in [6.07, 6.45) is 0. The van der Waals surface area contributed by atoms with E-state index in [9.17, 15) is 14.4 Å². The monoisotopic (exact) mass is 444 g/mol. The second kappa shape index (κ2) is 7.09. The molecule has 0 unspecified atom stereocenters. The topological polar surface area (TPSA) is 95.5 Å². The Balaban J connectivity index is 0.00000289. The molecule has 0 heterocycles. The van der Waals surface area contributed by atoms with E-state index in [1.807, 2.05) is 0 Å². The number of carbonyl (C=O) groups is 3. The minimum Gasteiger partial charge on any atom is -0.478 e. The number of rotatable bonds is 3. The molecule has 1 rings (SSSR count). The zero-order chi connectivity index (χ0) is 13.0. The molecule has 2 amide bonds. The van der Waals surface area contributed by atoms with E-state index in [0.29, 0.717) is 5.69 Å². The SMILES string of the molecule is CC(=O)Nc1ccc(NC(C)=O)c(C(=O)O)c1.[Pb]. The Labute approximate surface area is 124 Å². The Morgan fingerprint density at radius 1 is 1.06 bits per heavy atom. The molecule has 0 fully saturated rings. The summed E-state index contributed by atoms with van der Waals surface area (Å²) in [5.74, 6) is -1.84. The molecule has 0 aliphatic heterocycles. The molecule has 0 aliphatic rings. The second-order valence-corrected chi connectivity index (χ2v) is 3.43. The van der Waals surface area contributed by atoms with E-state index in [1.165, 1.54) is 32.0 Å². The van der Waals surface area contributed by atoms with E-state index in [1.54, 1.807) is 0 Å². The van der Waals surface area contributed by atoms with Crippen LogP contribution in [0.3, 0.4) is 0 Å². The molecule has 7 heteroatoms. The van der Waals surface area contributed by atoms with E-state index in [-0.39, 0.29) is 50.4 Å². The predicted molar refractivity (Wildman–Crippen MR) is 67.8 cm³/mol. The minimum absolute atomic E-state index is 0. The van der Waals surface area contributed by atoms with Gasteiger partial charge in [0.05, 0.1) is 11.3 Å². The average molecular weight is 443 g/mol. The first kappa shape index (κ1) is 16.6.